The number of hydrogen-bond acceptors (Lipinski definition) is 3. The molecule has 0 atom stereocenters. The first-order valence-electron chi connectivity index (χ1n) is 9.26. The van der Waals surface area contributed by atoms with Gasteiger partial charge in [-0.05, 0) is 48.6 Å². The van der Waals surface area contributed by atoms with Crippen LogP contribution in [0.25, 0.3) is 0 Å². The van der Waals surface area contributed by atoms with Crippen LogP contribution in [-0.4, -0.2) is 37.0 Å². The van der Waals surface area contributed by atoms with Crippen molar-refractivity contribution in [3.05, 3.63) is 77.6 Å². The van der Waals surface area contributed by atoms with Gasteiger partial charge in [-0.3, -0.25) is 4.79 Å². The predicted molar refractivity (Wildman–Crippen MR) is 105 cm³/mol. The maximum atomic E-state index is 12.7. The highest BCUT2D eigenvalue weighted by Gasteiger charge is 2.24. The third-order valence-electron chi connectivity index (χ3n) is 5.00. The van der Waals surface area contributed by atoms with E-state index < -0.39 is 0 Å². The molecule has 1 amide bonds. The van der Waals surface area contributed by atoms with Crippen molar-refractivity contribution < 1.29 is 13.9 Å². The zero-order valence-electron chi connectivity index (χ0n) is 15.3. The molecule has 2 aromatic rings. The number of piperidine rings is 1. The first-order chi connectivity index (χ1) is 13.2. The van der Waals surface area contributed by atoms with Gasteiger partial charge in [0, 0.05) is 30.8 Å². The second-order valence-corrected chi connectivity index (χ2v) is 6.76. The molecule has 2 N–H and O–H groups in total. The van der Waals surface area contributed by atoms with Gasteiger partial charge in [-0.25, -0.2) is 4.39 Å². The van der Waals surface area contributed by atoms with Crippen LogP contribution in [0.1, 0.15) is 34.7 Å². The highest BCUT2D eigenvalue weighted by molar-refractivity contribution is 5.94. The molecule has 1 saturated heterocycles. The molecule has 0 aromatic heterocycles. The fourth-order valence-electron chi connectivity index (χ4n) is 3.33. The summed E-state index contributed by atoms with van der Waals surface area (Å²) in [6.45, 7) is 1.74. The third kappa shape index (κ3) is 4.95. The van der Waals surface area contributed by atoms with E-state index in [4.69, 9.17) is 10.5 Å². The summed E-state index contributed by atoms with van der Waals surface area (Å²) < 4.78 is 18.0. The van der Waals surface area contributed by atoms with Gasteiger partial charge in [0.05, 0.1) is 6.33 Å². The molecule has 0 saturated carbocycles. The van der Waals surface area contributed by atoms with Crippen LogP contribution in [0.2, 0.25) is 0 Å². The van der Waals surface area contributed by atoms with Gasteiger partial charge in [-0.2, -0.15) is 0 Å². The lowest BCUT2D eigenvalue weighted by atomic mass is 9.89. The van der Waals surface area contributed by atoms with Gasteiger partial charge in [0.1, 0.15) is 12.4 Å². The molecule has 27 heavy (non-hydrogen) atoms. The van der Waals surface area contributed by atoms with E-state index in [2.05, 4.69) is 24.3 Å². The van der Waals surface area contributed by atoms with Gasteiger partial charge in [-0.1, -0.05) is 30.3 Å². The van der Waals surface area contributed by atoms with E-state index in [1.54, 1.807) is 24.3 Å². The van der Waals surface area contributed by atoms with Crippen LogP contribution in [0.4, 0.5) is 4.39 Å². The summed E-state index contributed by atoms with van der Waals surface area (Å²) in [6.07, 6.45) is 2.43. The Morgan fingerprint density at radius 2 is 1.78 bits per heavy atom. The second kappa shape index (κ2) is 9.33. The van der Waals surface area contributed by atoms with Crippen molar-refractivity contribution in [2.45, 2.75) is 18.8 Å². The fraction of sp³-hybridized carbons (Fsp3) is 0.318. The highest BCUT2D eigenvalue weighted by Crippen LogP contribution is 2.28. The van der Waals surface area contributed by atoms with Crippen LogP contribution in [0.5, 0.6) is 5.75 Å². The predicted octanol–water partition coefficient (Wildman–Crippen LogP) is 3.90. The Morgan fingerprint density at radius 3 is 2.37 bits per heavy atom. The summed E-state index contributed by atoms with van der Waals surface area (Å²) in [4.78, 5) is 14.6. The summed E-state index contributed by atoms with van der Waals surface area (Å²) >= 11 is 0. The van der Waals surface area contributed by atoms with E-state index in [-0.39, 0.29) is 19.1 Å². The first-order valence-corrected chi connectivity index (χ1v) is 9.26. The number of carbonyl (C=O) groups is 1. The van der Waals surface area contributed by atoms with E-state index in [0.717, 1.165) is 25.9 Å². The van der Waals surface area contributed by atoms with Crippen LogP contribution in [-0.2, 0) is 0 Å². The van der Waals surface area contributed by atoms with Crippen LogP contribution in [0.3, 0.4) is 0 Å². The number of ether oxygens (including phenoxy) is 1. The molecule has 0 radical (unpaired) electrons. The van der Waals surface area contributed by atoms with Crippen LogP contribution < -0.4 is 10.5 Å². The van der Waals surface area contributed by atoms with E-state index in [1.165, 1.54) is 5.56 Å². The van der Waals surface area contributed by atoms with Gasteiger partial charge in [0.2, 0.25) is 0 Å². The minimum absolute atomic E-state index is 0.0411. The maximum absolute atomic E-state index is 12.7. The van der Waals surface area contributed by atoms with E-state index in [9.17, 15) is 9.18 Å². The summed E-state index contributed by atoms with van der Waals surface area (Å²) in [5, 5.41) is 0. The van der Waals surface area contributed by atoms with Gasteiger partial charge in [0.25, 0.3) is 5.91 Å². The molecule has 142 valence electrons. The summed E-state index contributed by atoms with van der Waals surface area (Å²) in [5.41, 5.74) is 7.78. The van der Waals surface area contributed by atoms with E-state index >= 15 is 0 Å². The summed E-state index contributed by atoms with van der Waals surface area (Å²) in [7, 11) is 0. The average molecular weight is 368 g/mol. The Bertz CT molecular complexity index is 767. The molecular formula is C22H25FN2O2. The average Bonchev–Trinajstić information content (AvgIpc) is 2.75. The topological polar surface area (TPSA) is 55.6 Å². The number of amides is 1. The van der Waals surface area contributed by atoms with E-state index in [0.29, 0.717) is 29.1 Å². The molecule has 1 fully saturated rings. The van der Waals surface area contributed by atoms with Crippen molar-refractivity contribution >= 4 is 5.91 Å². The summed E-state index contributed by atoms with van der Waals surface area (Å²) in [6, 6.07) is 17.5. The van der Waals surface area contributed by atoms with Crippen molar-refractivity contribution in [3.63, 3.8) is 0 Å². The Hall–Kier alpha value is -2.66. The molecule has 1 aliphatic heterocycles. The number of likely N-dealkylation sites (tertiary alicyclic amines) is 1. The quantitative estimate of drug-likeness (QED) is 0.841. The molecule has 2 aromatic carbocycles. The molecule has 0 spiro atoms. The zero-order valence-corrected chi connectivity index (χ0v) is 15.3. The smallest absolute Gasteiger partial charge is 0.253 e. The number of halogens is 1. The maximum Gasteiger partial charge on any atom is 0.253 e. The summed E-state index contributed by atoms with van der Waals surface area (Å²) in [5.74, 6) is 1.15. The van der Waals surface area contributed by atoms with Gasteiger partial charge in [0.15, 0.2) is 0 Å². The molecule has 4 nitrogen and oxygen atoms in total. The van der Waals surface area contributed by atoms with Gasteiger partial charge in [-0.15, -0.1) is 0 Å². The fourth-order valence-corrected chi connectivity index (χ4v) is 3.33. The lowest BCUT2D eigenvalue weighted by Crippen LogP contribution is -2.37. The Labute approximate surface area is 159 Å². The normalized spacial score (nSPS) is 15.6. The van der Waals surface area contributed by atoms with Gasteiger partial charge < -0.3 is 15.4 Å². The molecule has 3 rings (SSSR count). The lowest BCUT2D eigenvalue weighted by molar-refractivity contribution is 0.0713. The van der Waals surface area contributed by atoms with Crippen LogP contribution in [0.15, 0.2) is 66.5 Å². The van der Waals surface area contributed by atoms with Crippen molar-refractivity contribution in [2.24, 2.45) is 5.73 Å². The molecular weight excluding hydrogens is 343 g/mol. The molecule has 1 heterocycles. The molecule has 5 heteroatoms. The monoisotopic (exact) mass is 368 g/mol. The number of carbonyl (C=O) groups excluding carboxylic acids is 1. The van der Waals surface area contributed by atoms with Crippen molar-refractivity contribution in [2.75, 3.05) is 26.2 Å². The standard InChI is InChI=1S/C22H25FN2O2/c23-14-17(15-24)16-27-21-8-6-20(7-9-21)22(26)25-12-10-19(11-13-25)18-4-2-1-3-5-18/h1-9,14,19H,10-13,15-16,24H2/b17-14+. The van der Waals surface area contributed by atoms with Crippen LogP contribution >= 0.6 is 0 Å². The number of nitrogens with two attached hydrogens (primary N) is 1. The van der Waals surface area contributed by atoms with Crippen molar-refractivity contribution in [1.29, 1.82) is 0 Å². The van der Waals surface area contributed by atoms with Crippen molar-refractivity contribution in [1.82, 2.24) is 4.90 Å². The largest absolute Gasteiger partial charge is 0.489 e. The molecule has 0 unspecified atom stereocenters. The Morgan fingerprint density at radius 1 is 1.11 bits per heavy atom. The minimum atomic E-state index is 0.0411. The third-order valence-corrected chi connectivity index (χ3v) is 5.00. The number of nitrogens with zero attached hydrogens (tertiary/aromatic N) is 1. The number of hydrogen-bond donors (Lipinski definition) is 1. The zero-order chi connectivity index (χ0) is 19.1. The lowest BCUT2D eigenvalue weighted by Gasteiger charge is -2.32. The van der Waals surface area contributed by atoms with Gasteiger partial charge >= 0.3 is 0 Å². The Balaban J connectivity index is 1.54. The SMILES string of the molecule is NC/C(=C\F)COc1ccc(C(=O)N2CCC(c3ccccc3)CC2)cc1. The van der Waals surface area contributed by atoms with Crippen LogP contribution in [0, 0.1) is 0 Å². The number of benzene rings is 2. The molecule has 1 aliphatic rings. The Kier molecular flexibility index (Phi) is 6.60. The minimum Gasteiger partial charge on any atom is -0.489 e. The first kappa shape index (κ1) is 19.1. The highest BCUT2D eigenvalue weighted by atomic mass is 19.1. The molecule has 0 aliphatic carbocycles. The van der Waals surface area contributed by atoms with Crippen molar-refractivity contribution in [3.8, 4) is 5.75 Å². The van der Waals surface area contributed by atoms with E-state index in [1.807, 2.05) is 11.0 Å². The number of rotatable bonds is 6. The second-order valence-electron chi connectivity index (χ2n) is 6.76. The molecule has 0 bridgehead atoms.